The second-order valence-electron chi connectivity index (χ2n) is 7.48. The number of aryl methyl sites for hydroxylation is 2. The Bertz CT molecular complexity index is 1250. The minimum atomic E-state index is -0.558. The number of aromatic nitrogens is 5. The summed E-state index contributed by atoms with van der Waals surface area (Å²) in [6.07, 6.45) is 1.79. The van der Waals surface area contributed by atoms with E-state index in [4.69, 9.17) is 4.74 Å². The van der Waals surface area contributed by atoms with Gasteiger partial charge in [-0.25, -0.2) is 9.78 Å². The number of amides is 1. The lowest BCUT2D eigenvalue weighted by Gasteiger charge is -2.12. The molecule has 33 heavy (non-hydrogen) atoms. The zero-order valence-electron chi connectivity index (χ0n) is 18.7. The Morgan fingerprint density at radius 3 is 2.64 bits per heavy atom. The van der Waals surface area contributed by atoms with Gasteiger partial charge in [0.2, 0.25) is 0 Å². The van der Waals surface area contributed by atoms with Crippen molar-refractivity contribution in [3.05, 3.63) is 77.7 Å². The number of hydrogen-bond donors (Lipinski definition) is 2. The van der Waals surface area contributed by atoms with E-state index in [9.17, 15) is 4.79 Å². The van der Waals surface area contributed by atoms with Gasteiger partial charge in [0, 0.05) is 32.3 Å². The molecule has 2 N–H and O–H groups in total. The van der Waals surface area contributed by atoms with E-state index in [-0.39, 0.29) is 0 Å². The molecule has 0 radical (unpaired) electrons. The van der Waals surface area contributed by atoms with Crippen LogP contribution in [0.25, 0.3) is 16.8 Å². The summed E-state index contributed by atoms with van der Waals surface area (Å²) in [7, 11) is 1.79. The molecule has 0 bridgehead atoms. The highest BCUT2D eigenvalue weighted by molar-refractivity contribution is 5.73. The molecule has 4 rings (SSSR count). The molecular formula is C24H25N7O2. The molecule has 168 valence electrons. The third-order valence-electron chi connectivity index (χ3n) is 5.10. The van der Waals surface area contributed by atoms with Gasteiger partial charge >= 0.3 is 6.09 Å². The van der Waals surface area contributed by atoms with Crippen molar-refractivity contribution in [1.82, 2.24) is 30.5 Å². The van der Waals surface area contributed by atoms with Crippen molar-refractivity contribution in [3.63, 3.8) is 0 Å². The van der Waals surface area contributed by atoms with Gasteiger partial charge < -0.3 is 15.4 Å². The number of hydrogen-bond acceptors (Lipinski definition) is 7. The molecule has 2 heterocycles. The maximum atomic E-state index is 12.5. The molecule has 0 aliphatic heterocycles. The second-order valence-corrected chi connectivity index (χ2v) is 7.48. The standard InChI is InChI=1S/C24H25N7O2/c1-4-23-28-29-30-31(23)20-12-19(18-7-5-16(2)6-8-18)13-21(14-20)33-24(32)27-15-17-9-10-26-22(11-17)25-3/h5-14H,4,15H2,1-3H3,(H,25,26)(H,27,32). The summed E-state index contributed by atoms with van der Waals surface area (Å²) >= 11 is 0. The van der Waals surface area contributed by atoms with Crippen LogP contribution in [0.2, 0.25) is 0 Å². The second kappa shape index (κ2) is 9.90. The van der Waals surface area contributed by atoms with Gasteiger partial charge in [-0.2, -0.15) is 4.68 Å². The Kier molecular flexibility index (Phi) is 6.58. The fraction of sp³-hybridized carbons (Fsp3) is 0.208. The zero-order valence-corrected chi connectivity index (χ0v) is 18.7. The first-order chi connectivity index (χ1) is 16.1. The van der Waals surface area contributed by atoms with Crippen molar-refractivity contribution in [1.29, 1.82) is 0 Å². The van der Waals surface area contributed by atoms with Crippen LogP contribution in [0.5, 0.6) is 5.75 Å². The number of ether oxygens (including phenoxy) is 1. The van der Waals surface area contributed by atoms with Crippen LogP contribution in [0.1, 0.15) is 23.9 Å². The van der Waals surface area contributed by atoms with Gasteiger partial charge in [-0.05, 0) is 58.3 Å². The van der Waals surface area contributed by atoms with Gasteiger partial charge in [-0.1, -0.05) is 36.8 Å². The average molecular weight is 444 g/mol. The minimum absolute atomic E-state index is 0.313. The number of carbonyl (C=O) groups excluding carboxylic acids is 1. The van der Waals surface area contributed by atoms with Crippen molar-refractivity contribution in [3.8, 4) is 22.6 Å². The topological polar surface area (TPSA) is 107 Å². The average Bonchev–Trinajstić information content (AvgIpc) is 3.32. The molecule has 0 saturated heterocycles. The first kappa shape index (κ1) is 21.9. The first-order valence-electron chi connectivity index (χ1n) is 10.6. The summed E-state index contributed by atoms with van der Waals surface area (Å²) in [5, 5.41) is 17.7. The number of tetrazole rings is 1. The Labute approximate surface area is 191 Å². The summed E-state index contributed by atoms with van der Waals surface area (Å²) in [6.45, 7) is 4.33. The van der Waals surface area contributed by atoms with Gasteiger partial charge in [-0.15, -0.1) is 5.10 Å². The highest BCUT2D eigenvalue weighted by Gasteiger charge is 2.13. The molecule has 0 spiro atoms. The monoisotopic (exact) mass is 443 g/mol. The summed E-state index contributed by atoms with van der Waals surface area (Å²) in [4.78, 5) is 16.7. The number of rotatable bonds is 7. The molecule has 9 heteroatoms. The molecule has 0 atom stereocenters. The lowest BCUT2D eigenvalue weighted by atomic mass is 10.0. The number of nitrogens with one attached hydrogen (secondary N) is 2. The molecule has 4 aromatic rings. The summed E-state index contributed by atoms with van der Waals surface area (Å²) in [6, 6.07) is 17.4. The number of anilines is 1. The van der Waals surface area contributed by atoms with Crippen LogP contribution >= 0.6 is 0 Å². The van der Waals surface area contributed by atoms with E-state index >= 15 is 0 Å². The fourth-order valence-corrected chi connectivity index (χ4v) is 3.34. The molecule has 2 aromatic carbocycles. The van der Waals surface area contributed by atoms with Crippen molar-refractivity contribution in [2.45, 2.75) is 26.8 Å². The van der Waals surface area contributed by atoms with Crippen molar-refractivity contribution < 1.29 is 9.53 Å². The van der Waals surface area contributed by atoms with Crippen molar-refractivity contribution in [2.75, 3.05) is 12.4 Å². The van der Waals surface area contributed by atoms with Gasteiger partial charge in [0.25, 0.3) is 0 Å². The van der Waals surface area contributed by atoms with Crippen LogP contribution < -0.4 is 15.4 Å². The Morgan fingerprint density at radius 1 is 1.06 bits per heavy atom. The molecule has 9 nitrogen and oxygen atoms in total. The van der Waals surface area contributed by atoms with Gasteiger partial charge in [0.1, 0.15) is 11.6 Å². The highest BCUT2D eigenvalue weighted by Crippen LogP contribution is 2.28. The quantitative estimate of drug-likeness (QED) is 0.446. The summed E-state index contributed by atoms with van der Waals surface area (Å²) < 4.78 is 7.28. The van der Waals surface area contributed by atoms with Gasteiger partial charge in [0.15, 0.2) is 5.82 Å². The van der Waals surface area contributed by atoms with Crippen LogP contribution in [-0.2, 0) is 13.0 Å². The van der Waals surface area contributed by atoms with Gasteiger partial charge in [0.05, 0.1) is 5.69 Å². The zero-order chi connectivity index (χ0) is 23.2. The molecule has 0 aliphatic carbocycles. The van der Waals surface area contributed by atoms with Crippen LogP contribution in [0.3, 0.4) is 0 Å². The molecular weight excluding hydrogens is 418 g/mol. The summed E-state index contributed by atoms with van der Waals surface area (Å²) in [5.74, 6) is 1.83. The van der Waals surface area contributed by atoms with E-state index in [1.165, 1.54) is 0 Å². The van der Waals surface area contributed by atoms with E-state index in [2.05, 4.69) is 31.1 Å². The normalized spacial score (nSPS) is 10.6. The molecule has 2 aromatic heterocycles. The van der Waals surface area contributed by atoms with Crippen molar-refractivity contribution >= 4 is 11.9 Å². The third kappa shape index (κ3) is 5.32. The Balaban J connectivity index is 1.59. The molecule has 0 fully saturated rings. The van der Waals surface area contributed by atoms with E-state index in [0.29, 0.717) is 30.2 Å². The summed E-state index contributed by atoms with van der Waals surface area (Å²) in [5.41, 5.74) is 4.67. The molecule has 0 aliphatic rings. The fourth-order valence-electron chi connectivity index (χ4n) is 3.34. The van der Waals surface area contributed by atoms with Crippen LogP contribution in [0.4, 0.5) is 10.6 Å². The Hall–Kier alpha value is -4.27. The maximum Gasteiger partial charge on any atom is 0.412 e. The van der Waals surface area contributed by atoms with E-state index in [1.54, 1.807) is 24.0 Å². The van der Waals surface area contributed by atoms with Crippen LogP contribution in [-0.4, -0.2) is 38.3 Å². The third-order valence-corrected chi connectivity index (χ3v) is 5.10. The van der Waals surface area contributed by atoms with Crippen LogP contribution in [0.15, 0.2) is 60.8 Å². The number of pyridine rings is 1. The number of nitrogens with zero attached hydrogens (tertiary/aromatic N) is 5. The van der Waals surface area contributed by atoms with Crippen LogP contribution in [0, 0.1) is 6.92 Å². The largest absolute Gasteiger partial charge is 0.412 e. The SMILES string of the molecule is CCc1nnnn1-c1cc(OC(=O)NCc2ccnc(NC)c2)cc(-c2ccc(C)cc2)c1. The molecule has 1 amide bonds. The molecule has 0 saturated carbocycles. The Morgan fingerprint density at radius 2 is 1.88 bits per heavy atom. The van der Waals surface area contributed by atoms with E-state index < -0.39 is 6.09 Å². The van der Waals surface area contributed by atoms with E-state index in [1.807, 2.05) is 62.4 Å². The highest BCUT2D eigenvalue weighted by atomic mass is 16.6. The number of benzene rings is 2. The smallest absolute Gasteiger partial charge is 0.410 e. The maximum absolute atomic E-state index is 12.5. The lowest BCUT2D eigenvalue weighted by Crippen LogP contribution is -2.26. The molecule has 0 unspecified atom stereocenters. The number of carbonyl (C=O) groups is 1. The van der Waals surface area contributed by atoms with E-state index in [0.717, 1.165) is 28.1 Å². The minimum Gasteiger partial charge on any atom is -0.410 e. The lowest BCUT2D eigenvalue weighted by molar-refractivity contribution is 0.200. The first-order valence-corrected chi connectivity index (χ1v) is 10.6. The predicted octanol–water partition coefficient (Wildman–Crippen LogP) is 3.93. The van der Waals surface area contributed by atoms with Gasteiger partial charge in [-0.3, -0.25) is 0 Å². The van der Waals surface area contributed by atoms with Crippen molar-refractivity contribution in [2.24, 2.45) is 0 Å². The predicted molar refractivity (Wildman–Crippen MR) is 125 cm³/mol.